The molecule has 0 heterocycles. The van der Waals surface area contributed by atoms with Gasteiger partial charge in [0.1, 0.15) is 5.57 Å². The van der Waals surface area contributed by atoms with Crippen LogP contribution in [0.1, 0.15) is 38.7 Å². The molecule has 0 aromatic heterocycles. The van der Waals surface area contributed by atoms with Crippen LogP contribution < -0.4 is 0 Å². The number of Topliss-reactive ketones (excluding diaryl/α,β-unsaturated/α-hetero) is 2. The summed E-state index contributed by atoms with van der Waals surface area (Å²) >= 11 is 0. The van der Waals surface area contributed by atoms with Crippen LogP contribution in [0.2, 0.25) is 0 Å². The highest BCUT2D eigenvalue weighted by Gasteiger charge is 2.40. The molecule has 140 valence electrons. The molecule has 0 amide bonds. The Labute approximate surface area is 159 Å². The average Bonchev–Trinajstić information content (AvgIpc) is 2.84. The summed E-state index contributed by atoms with van der Waals surface area (Å²) in [5.41, 5.74) is 3.29. The second kappa shape index (κ2) is 7.87. The standard InChI is InChI=1S/C23H24O4/c1-3-7-19-17-10-14(2)16(11-15-8-5-4-6-9-15)12-18(13-17)20(23(26)27)22(25)21(19)24/h4-6,8-10,12,17,19H,3,7,11,13H2,1-2H3,(H,26,27). The van der Waals surface area contributed by atoms with Crippen molar-refractivity contribution in [3.8, 4) is 0 Å². The molecule has 2 aliphatic rings. The van der Waals surface area contributed by atoms with E-state index < -0.39 is 23.5 Å². The number of carbonyl (C=O) groups excluding carboxylic acids is 2. The average molecular weight is 364 g/mol. The maximum atomic E-state index is 12.7. The van der Waals surface area contributed by atoms with Crippen LogP contribution in [0.3, 0.4) is 0 Å². The second-order valence-corrected chi connectivity index (χ2v) is 7.34. The highest BCUT2D eigenvalue weighted by molar-refractivity contribution is 6.50. The molecule has 1 aromatic carbocycles. The van der Waals surface area contributed by atoms with Crippen molar-refractivity contribution in [1.29, 1.82) is 0 Å². The van der Waals surface area contributed by atoms with Crippen LogP contribution in [0.25, 0.3) is 0 Å². The first-order valence-electron chi connectivity index (χ1n) is 9.40. The van der Waals surface area contributed by atoms with Crippen LogP contribution in [0, 0.1) is 11.8 Å². The van der Waals surface area contributed by atoms with Gasteiger partial charge in [0, 0.05) is 5.92 Å². The SMILES string of the molecule is CCCC1C(=O)C(=O)C(C(=O)O)=C2C=C(Cc3ccccc3)C(C)=CC1C2. The number of aliphatic carboxylic acids is 1. The number of benzene rings is 1. The van der Waals surface area contributed by atoms with E-state index in [9.17, 15) is 19.5 Å². The molecule has 2 aliphatic carbocycles. The first-order chi connectivity index (χ1) is 12.9. The number of carbonyl (C=O) groups is 3. The molecule has 0 spiro atoms. The highest BCUT2D eigenvalue weighted by atomic mass is 16.4. The van der Waals surface area contributed by atoms with Crippen molar-refractivity contribution in [3.63, 3.8) is 0 Å². The highest BCUT2D eigenvalue weighted by Crippen LogP contribution is 2.38. The third kappa shape index (κ3) is 3.85. The van der Waals surface area contributed by atoms with Gasteiger partial charge in [-0.2, -0.15) is 0 Å². The fraction of sp³-hybridized carbons (Fsp3) is 0.348. The van der Waals surface area contributed by atoms with E-state index in [1.54, 1.807) is 0 Å². The van der Waals surface area contributed by atoms with E-state index in [1.807, 2.05) is 50.3 Å². The fourth-order valence-electron chi connectivity index (χ4n) is 4.09. The summed E-state index contributed by atoms with van der Waals surface area (Å²) < 4.78 is 0. The fourth-order valence-corrected chi connectivity index (χ4v) is 4.09. The monoisotopic (exact) mass is 364 g/mol. The van der Waals surface area contributed by atoms with Gasteiger partial charge in [-0.05, 0) is 48.8 Å². The van der Waals surface area contributed by atoms with E-state index in [2.05, 4.69) is 6.08 Å². The molecule has 0 saturated carbocycles. The zero-order valence-electron chi connectivity index (χ0n) is 15.7. The van der Waals surface area contributed by atoms with Gasteiger partial charge in [-0.1, -0.05) is 61.4 Å². The smallest absolute Gasteiger partial charge is 0.340 e. The number of allylic oxidation sites excluding steroid dienone is 5. The van der Waals surface area contributed by atoms with Crippen molar-refractivity contribution in [2.75, 3.05) is 0 Å². The molecule has 27 heavy (non-hydrogen) atoms. The lowest BCUT2D eigenvalue weighted by Crippen LogP contribution is -2.30. The van der Waals surface area contributed by atoms with Crippen LogP contribution in [0.5, 0.6) is 0 Å². The summed E-state index contributed by atoms with van der Waals surface area (Å²) in [7, 11) is 0. The summed E-state index contributed by atoms with van der Waals surface area (Å²) in [6, 6.07) is 9.94. The van der Waals surface area contributed by atoms with Crippen molar-refractivity contribution in [3.05, 3.63) is 70.3 Å². The molecular weight excluding hydrogens is 340 g/mol. The van der Waals surface area contributed by atoms with Crippen LogP contribution in [0.15, 0.2) is 64.8 Å². The molecule has 1 N–H and O–H groups in total. The summed E-state index contributed by atoms with van der Waals surface area (Å²) in [6.07, 6.45) is 6.33. The minimum absolute atomic E-state index is 0.141. The van der Waals surface area contributed by atoms with Crippen LogP contribution >= 0.6 is 0 Å². The third-order valence-corrected chi connectivity index (χ3v) is 5.45. The van der Waals surface area contributed by atoms with Gasteiger partial charge < -0.3 is 5.11 Å². The van der Waals surface area contributed by atoms with Gasteiger partial charge in [0.2, 0.25) is 11.6 Å². The molecule has 1 aromatic rings. The van der Waals surface area contributed by atoms with Gasteiger partial charge in [-0.15, -0.1) is 0 Å². The van der Waals surface area contributed by atoms with E-state index in [4.69, 9.17) is 0 Å². The van der Waals surface area contributed by atoms with E-state index in [-0.39, 0.29) is 11.5 Å². The quantitative estimate of drug-likeness (QED) is 0.631. The third-order valence-electron chi connectivity index (χ3n) is 5.45. The predicted molar refractivity (Wildman–Crippen MR) is 103 cm³/mol. The Hall–Kier alpha value is -2.75. The molecule has 4 nitrogen and oxygen atoms in total. The topological polar surface area (TPSA) is 71.4 Å². The number of carboxylic acid groups (broad SMARTS) is 1. The normalized spacial score (nSPS) is 22.7. The molecule has 0 fully saturated rings. The molecule has 3 rings (SSSR count). The number of ketones is 2. The summed E-state index contributed by atoms with van der Waals surface area (Å²) in [6.45, 7) is 3.98. The first kappa shape index (κ1) is 19.0. The minimum Gasteiger partial charge on any atom is -0.478 e. The van der Waals surface area contributed by atoms with Crippen LogP contribution in [-0.4, -0.2) is 22.6 Å². The molecule has 2 atom stereocenters. The van der Waals surface area contributed by atoms with Crippen molar-refractivity contribution >= 4 is 17.5 Å². The van der Waals surface area contributed by atoms with E-state index in [1.165, 1.54) is 0 Å². The largest absolute Gasteiger partial charge is 0.478 e. The Morgan fingerprint density at radius 2 is 1.89 bits per heavy atom. The second-order valence-electron chi connectivity index (χ2n) is 7.34. The minimum atomic E-state index is -1.31. The van der Waals surface area contributed by atoms with Gasteiger partial charge in [-0.3, -0.25) is 9.59 Å². The van der Waals surface area contributed by atoms with Gasteiger partial charge in [0.15, 0.2) is 0 Å². The van der Waals surface area contributed by atoms with Gasteiger partial charge in [-0.25, -0.2) is 4.79 Å². The summed E-state index contributed by atoms with van der Waals surface area (Å²) in [5, 5.41) is 9.64. The molecule has 0 radical (unpaired) electrons. The van der Waals surface area contributed by atoms with Crippen LogP contribution in [-0.2, 0) is 20.8 Å². The van der Waals surface area contributed by atoms with Crippen molar-refractivity contribution in [2.24, 2.45) is 11.8 Å². The zero-order chi connectivity index (χ0) is 19.6. The summed E-state index contributed by atoms with van der Waals surface area (Å²) in [5.74, 6) is -3.31. The van der Waals surface area contributed by atoms with Crippen molar-refractivity contribution < 1.29 is 19.5 Å². The maximum Gasteiger partial charge on any atom is 0.340 e. The molecule has 2 unspecified atom stereocenters. The Bertz CT molecular complexity index is 871. The summed E-state index contributed by atoms with van der Waals surface area (Å²) in [4.78, 5) is 37.1. The van der Waals surface area contributed by atoms with Gasteiger partial charge in [0.25, 0.3) is 0 Å². The number of carboxylic acids is 1. The molecular formula is C23H24O4. The number of hydrogen-bond donors (Lipinski definition) is 1. The first-order valence-corrected chi connectivity index (χ1v) is 9.40. The molecule has 2 bridgehead atoms. The Morgan fingerprint density at radius 1 is 1.19 bits per heavy atom. The van der Waals surface area contributed by atoms with E-state index in [0.29, 0.717) is 24.8 Å². The Kier molecular flexibility index (Phi) is 5.54. The van der Waals surface area contributed by atoms with E-state index in [0.717, 1.165) is 23.1 Å². The lowest BCUT2D eigenvalue weighted by atomic mass is 9.82. The Balaban J connectivity index is 2.13. The molecule has 4 heteroatoms. The number of rotatable bonds is 5. The number of hydrogen-bond acceptors (Lipinski definition) is 3. The van der Waals surface area contributed by atoms with Gasteiger partial charge in [0.05, 0.1) is 0 Å². The van der Waals surface area contributed by atoms with Crippen molar-refractivity contribution in [1.82, 2.24) is 0 Å². The molecule has 0 saturated heterocycles. The maximum absolute atomic E-state index is 12.7. The zero-order valence-corrected chi connectivity index (χ0v) is 15.7. The van der Waals surface area contributed by atoms with E-state index >= 15 is 0 Å². The lowest BCUT2D eigenvalue weighted by molar-refractivity contribution is -0.141. The van der Waals surface area contributed by atoms with Crippen molar-refractivity contribution in [2.45, 2.75) is 39.5 Å². The number of fused-ring (bicyclic) bond motifs is 2. The Morgan fingerprint density at radius 3 is 2.52 bits per heavy atom. The van der Waals surface area contributed by atoms with Crippen LogP contribution in [0.4, 0.5) is 0 Å². The molecule has 0 aliphatic heterocycles. The van der Waals surface area contributed by atoms with Gasteiger partial charge >= 0.3 is 5.97 Å². The predicted octanol–water partition coefficient (Wildman–Crippen LogP) is 4.07. The lowest BCUT2D eigenvalue weighted by Gasteiger charge is -2.20.